The summed E-state index contributed by atoms with van der Waals surface area (Å²) in [5, 5.41) is 0. The van der Waals surface area contributed by atoms with Crippen molar-refractivity contribution in [3.63, 3.8) is 0 Å². The van der Waals surface area contributed by atoms with Crippen LogP contribution in [0.25, 0.3) is 0 Å². The molecule has 1 aliphatic carbocycles. The molecule has 0 spiro atoms. The van der Waals surface area contributed by atoms with E-state index in [2.05, 4.69) is 0 Å². The van der Waals surface area contributed by atoms with Gasteiger partial charge in [-0.1, -0.05) is 25.7 Å². The highest BCUT2D eigenvalue weighted by molar-refractivity contribution is 5.79. The smallest absolute Gasteiger partial charge is 0.305 e. The quantitative estimate of drug-likeness (QED) is 0.490. The second-order valence-electron chi connectivity index (χ2n) is 5.24. The number of hydrogen-bond donors (Lipinski definition) is 0. The molecular formula is C15H26O3. The molecule has 0 aromatic carbocycles. The van der Waals surface area contributed by atoms with E-state index >= 15 is 0 Å². The van der Waals surface area contributed by atoms with Gasteiger partial charge in [0.1, 0.15) is 5.78 Å². The Kier molecular flexibility index (Phi) is 7.70. The molecule has 1 rings (SSSR count). The van der Waals surface area contributed by atoms with Gasteiger partial charge in [-0.05, 0) is 32.1 Å². The van der Waals surface area contributed by atoms with Gasteiger partial charge < -0.3 is 4.74 Å². The van der Waals surface area contributed by atoms with Gasteiger partial charge in [-0.25, -0.2) is 0 Å². The summed E-state index contributed by atoms with van der Waals surface area (Å²) in [4.78, 5) is 22.2. The number of Topliss-reactive ketones (excluding diaryl/α,β-unsaturated/α-hetero) is 1. The molecule has 1 saturated carbocycles. The fraction of sp³-hybridized carbons (Fsp3) is 0.867. The molecule has 0 aliphatic heterocycles. The molecular weight excluding hydrogens is 228 g/mol. The number of hydrogen-bond acceptors (Lipinski definition) is 3. The van der Waals surface area contributed by atoms with Crippen LogP contribution in [0.1, 0.15) is 71.1 Å². The zero-order chi connectivity index (χ0) is 13.2. The molecule has 104 valence electrons. The lowest BCUT2D eigenvalue weighted by atomic mass is 9.85. The highest BCUT2D eigenvalue weighted by Gasteiger charge is 2.17. The fourth-order valence-electron chi connectivity index (χ4n) is 2.58. The summed E-state index contributed by atoms with van der Waals surface area (Å²) in [7, 11) is 0. The Morgan fingerprint density at radius 2 is 1.83 bits per heavy atom. The van der Waals surface area contributed by atoms with Crippen LogP contribution in [0.3, 0.4) is 0 Å². The minimum absolute atomic E-state index is 0.0664. The summed E-state index contributed by atoms with van der Waals surface area (Å²) in [6.07, 6.45) is 10.1. The highest BCUT2D eigenvalue weighted by atomic mass is 16.5. The average molecular weight is 254 g/mol. The largest absolute Gasteiger partial charge is 0.466 e. The van der Waals surface area contributed by atoms with E-state index < -0.39 is 0 Å². The van der Waals surface area contributed by atoms with E-state index in [1.54, 1.807) is 0 Å². The van der Waals surface area contributed by atoms with Crippen molar-refractivity contribution in [1.29, 1.82) is 0 Å². The Morgan fingerprint density at radius 1 is 1.17 bits per heavy atom. The first-order valence-corrected chi connectivity index (χ1v) is 7.39. The minimum Gasteiger partial charge on any atom is -0.466 e. The lowest BCUT2D eigenvalue weighted by molar-refractivity contribution is -0.143. The van der Waals surface area contributed by atoms with Crippen molar-refractivity contribution in [2.24, 2.45) is 5.92 Å². The first kappa shape index (κ1) is 15.2. The molecule has 0 atom stereocenters. The maximum Gasteiger partial charge on any atom is 0.305 e. The number of carbonyl (C=O) groups excluding carboxylic acids is 2. The minimum atomic E-state index is -0.0664. The number of carbonyl (C=O) groups is 2. The molecule has 0 heterocycles. The van der Waals surface area contributed by atoms with Gasteiger partial charge in [0, 0.05) is 19.3 Å². The third kappa shape index (κ3) is 6.77. The van der Waals surface area contributed by atoms with Crippen LogP contribution in [0, 0.1) is 5.92 Å². The molecule has 0 N–H and O–H groups in total. The number of ketones is 1. The van der Waals surface area contributed by atoms with Gasteiger partial charge in [-0.3, -0.25) is 9.59 Å². The standard InChI is InChI=1S/C15H26O3/c1-2-18-15(17)8-6-4-3-5-7-13-9-11-14(16)12-10-13/h13H,2-12H2,1H3. The van der Waals surface area contributed by atoms with Gasteiger partial charge in [0.15, 0.2) is 0 Å². The van der Waals surface area contributed by atoms with E-state index in [4.69, 9.17) is 4.74 Å². The van der Waals surface area contributed by atoms with E-state index in [9.17, 15) is 9.59 Å². The van der Waals surface area contributed by atoms with Crippen LogP contribution in [0.4, 0.5) is 0 Å². The van der Waals surface area contributed by atoms with Crippen LogP contribution < -0.4 is 0 Å². The molecule has 18 heavy (non-hydrogen) atoms. The average Bonchev–Trinajstić information content (AvgIpc) is 2.36. The zero-order valence-electron chi connectivity index (χ0n) is 11.6. The van der Waals surface area contributed by atoms with Crippen molar-refractivity contribution in [1.82, 2.24) is 0 Å². The lowest BCUT2D eigenvalue weighted by Crippen LogP contribution is -2.13. The first-order valence-electron chi connectivity index (χ1n) is 7.39. The predicted molar refractivity (Wildman–Crippen MR) is 71.3 cm³/mol. The topological polar surface area (TPSA) is 43.4 Å². The Bertz CT molecular complexity index is 250. The van der Waals surface area contributed by atoms with Gasteiger partial charge >= 0.3 is 5.97 Å². The summed E-state index contributed by atoms with van der Waals surface area (Å²) >= 11 is 0. The summed E-state index contributed by atoms with van der Waals surface area (Å²) in [6.45, 7) is 2.33. The number of rotatable bonds is 8. The molecule has 3 nitrogen and oxygen atoms in total. The molecule has 0 amide bonds. The van der Waals surface area contributed by atoms with Crippen LogP contribution >= 0.6 is 0 Å². The Balaban J connectivity index is 1.89. The Labute approximate surface area is 110 Å². The second-order valence-corrected chi connectivity index (χ2v) is 5.24. The van der Waals surface area contributed by atoms with Gasteiger partial charge in [-0.15, -0.1) is 0 Å². The van der Waals surface area contributed by atoms with E-state index in [0.717, 1.165) is 44.4 Å². The van der Waals surface area contributed by atoms with Crippen molar-refractivity contribution in [3.05, 3.63) is 0 Å². The first-order chi connectivity index (χ1) is 8.72. The van der Waals surface area contributed by atoms with Gasteiger partial charge in [0.2, 0.25) is 0 Å². The van der Waals surface area contributed by atoms with Crippen LogP contribution in [-0.4, -0.2) is 18.4 Å². The lowest BCUT2D eigenvalue weighted by Gasteiger charge is -2.20. The Hall–Kier alpha value is -0.860. The summed E-state index contributed by atoms with van der Waals surface area (Å²) in [5.74, 6) is 1.15. The monoisotopic (exact) mass is 254 g/mol. The van der Waals surface area contributed by atoms with Crippen molar-refractivity contribution in [3.8, 4) is 0 Å². The van der Waals surface area contributed by atoms with Crippen molar-refractivity contribution in [2.75, 3.05) is 6.61 Å². The normalized spacial score (nSPS) is 16.8. The van der Waals surface area contributed by atoms with E-state index in [-0.39, 0.29) is 5.97 Å². The van der Waals surface area contributed by atoms with E-state index in [1.165, 1.54) is 19.3 Å². The van der Waals surface area contributed by atoms with Crippen LogP contribution in [-0.2, 0) is 14.3 Å². The van der Waals surface area contributed by atoms with Crippen molar-refractivity contribution < 1.29 is 14.3 Å². The summed E-state index contributed by atoms with van der Waals surface area (Å²) < 4.78 is 4.88. The molecule has 1 aliphatic rings. The number of esters is 1. The van der Waals surface area contributed by atoms with Crippen LogP contribution in [0.5, 0.6) is 0 Å². The molecule has 0 radical (unpaired) electrons. The van der Waals surface area contributed by atoms with Crippen LogP contribution in [0.2, 0.25) is 0 Å². The molecule has 0 bridgehead atoms. The molecule has 0 unspecified atom stereocenters. The molecule has 0 aromatic rings. The molecule has 0 saturated heterocycles. The van der Waals surface area contributed by atoms with E-state index in [1.807, 2.05) is 6.92 Å². The van der Waals surface area contributed by atoms with Gasteiger partial charge in [0.05, 0.1) is 6.61 Å². The highest BCUT2D eigenvalue weighted by Crippen LogP contribution is 2.26. The van der Waals surface area contributed by atoms with Crippen LogP contribution in [0.15, 0.2) is 0 Å². The van der Waals surface area contributed by atoms with Crippen molar-refractivity contribution >= 4 is 11.8 Å². The maximum absolute atomic E-state index is 11.1. The maximum atomic E-state index is 11.1. The molecule has 0 aromatic heterocycles. The summed E-state index contributed by atoms with van der Waals surface area (Å²) in [5.41, 5.74) is 0. The second kappa shape index (κ2) is 9.12. The summed E-state index contributed by atoms with van der Waals surface area (Å²) in [6, 6.07) is 0. The predicted octanol–water partition coefficient (Wildman–Crippen LogP) is 3.65. The van der Waals surface area contributed by atoms with Gasteiger partial charge in [0.25, 0.3) is 0 Å². The van der Waals surface area contributed by atoms with E-state index in [0.29, 0.717) is 18.8 Å². The SMILES string of the molecule is CCOC(=O)CCCCCCC1CCC(=O)CC1. The third-order valence-electron chi connectivity index (χ3n) is 3.71. The fourth-order valence-corrected chi connectivity index (χ4v) is 2.58. The Morgan fingerprint density at radius 3 is 2.50 bits per heavy atom. The van der Waals surface area contributed by atoms with Gasteiger partial charge in [-0.2, -0.15) is 0 Å². The number of unbranched alkanes of at least 4 members (excludes halogenated alkanes) is 3. The third-order valence-corrected chi connectivity index (χ3v) is 3.71. The molecule has 3 heteroatoms. The zero-order valence-corrected chi connectivity index (χ0v) is 11.6. The number of ether oxygens (including phenoxy) is 1. The molecule has 1 fully saturated rings. The van der Waals surface area contributed by atoms with Crippen molar-refractivity contribution in [2.45, 2.75) is 71.1 Å².